The number of aromatic nitrogens is 2. The van der Waals surface area contributed by atoms with Crippen LogP contribution in [0.5, 0.6) is 5.75 Å². The van der Waals surface area contributed by atoms with E-state index < -0.39 is 30.0 Å². The average Bonchev–Trinajstić information content (AvgIpc) is 2.75. The van der Waals surface area contributed by atoms with Crippen LogP contribution in [0, 0.1) is 24.4 Å². The first-order valence-electron chi connectivity index (χ1n) is 9.49. The highest BCUT2D eigenvalue weighted by Crippen LogP contribution is 2.19. The van der Waals surface area contributed by atoms with E-state index in [4.69, 9.17) is 4.74 Å². The highest BCUT2D eigenvalue weighted by molar-refractivity contribution is 5.94. The summed E-state index contributed by atoms with van der Waals surface area (Å²) in [7, 11) is 0. The second kappa shape index (κ2) is 8.54. The summed E-state index contributed by atoms with van der Waals surface area (Å²) in [6, 6.07) is 12.8. The fourth-order valence-electron chi connectivity index (χ4n) is 3.20. The number of amides is 1. The number of nitrogens with zero attached hydrogens (tertiary/aromatic N) is 2. The molecule has 0 saturated heterocycles. The standard InChI is InChI=1S/C23H16F3N3O3/c1-13-27-20-8-5-16(28-22(30)12-32-21-9-4-15(25)10-19(21)26)11-18(20)23(31)29(13)17-6-2-14(24)3-7-17/h2-11H,12H2,1H3,(H,28,30). The fourth-order valence-corrected chi connectivity index (χ4v) is 3.20. The first-order chi connectivity index (χ1) is 15.3. The quantitative estimate of drug-likeness (QED) is 0.508. The lowest BCUT2D eigenvalue weighted by Crippen LogP contribution is -2.23. The number of carbonyl (C=O) groups excluding carboxylic acids is 1. The molecule has 4 rings (SSSR count). The number of hydrogen-bond acceptors (Lipinski definition) is 4. The number of benzene rings is 3. The van der Waals surface area contributed by atoms with Crippen molar-refractivity contribution >= 4 is 22.5 Å². The second-order valence-electron chi connectivity index (χ2n) is 6.92. The smallest absolute Gasteiger partial charge is 0.266 e. The van der Waals surface area contributed by atoms with Crippen LogP contribution >= 0.6 is 0 Å². The van der Waals surface area contributed by atoms with Gasteiger partial charge in [-0.25, -0.2) is 18.2 Å². The van der Waals surface area contributed by atoms with Gasteiger partial charge in [0.1, 0.15) is 17.5 Å². The van der Waals surface area contributed by atoms with E-state index in [1.54, 1.807) is 19.1 Å². The van der Waals surface area contributed by atoms with Crippen LogP contribution in [0.3, 0.4) is 0 Å². The Kier molecular flexibility index (Phi) is 5.63. The molecule has 1 N–H and O–H groups in total. The van der Waals surface area contributed by atoms with E-state index in [-0.39, 0.29) is 16.7 Å². The summed E-state index contributed by atoms with van der Waals surface area (Å²) in [5, 5.41) is 2.80. The van der Waals surface area contributed by atoms with Crippen LogP contribution in [0.25, 0.3) is 16.6 Å². The van der Waals surface area contributed by atoms with Crippen molar-refractivity contribution in [3.8, 4) is 11.4 Å². The van der Waals surface area contributed by atoms with Gasteiger partial charge in [-0.05, 0) is 61.5 Å². The van der Waals surface area contributed by atoms with Gasteiger partial charge in [0.15, 0.2) is 18.2 Å². The molecule has 0 aliphatic heterocycles. The summed E-state index contributed by atoms with van der Waals surface area (Å²) < 4.78 is 46.2. The zero-order valence-corrected chi connectivity index (χ0v) is 16.7. The lowest BCUT2D eigenvalue weighted by molar-refractivity contribution is -0.118. The van der Waals surface area contributed by atoms with Crippen molar-refractivity contribution in [3.63, 3.8) is 0 Å². The molecule has 0 aliphatic rings. The predicted octanol–water partition coefficient (Wildman–Crippen LogP) is 4.13. The van der Waals surface area contributed by atoms with E-state index in [1.165, 1.54) is 34.9 Å². The van der Waals surface area contributed by atoms with Gasteiger partial charge in [0.25, 0.3) is 11.5 Å². The number of hydrogen-bond donors (Lipinski definition) is 1. The van der Waals surface area contributed by atoms with Gasteiger partial charge in [0.2, 0.25) is 0 Å². The highest BCUT2D eigenvalue weighted by atomic mass is 19.1. The van der Waals surface area contributed by atoms with E-state index >= 15 is 0 Å². The zero-order chi connectivity index (χ0) is 22.8. The summed E-state index contributed by atoms with van der Waals surface area (Å²) in [5.74, 6) is -2.56. The summed E-state index contributed by atoms with van der Waals surface area (Å²) in [4.78, 5) is 29.7. The van der Waals surface area contributed by atoms with Crippen molar-refractivity contribution in [2.24, 2.45) is 0 Å². The molecule has 0 atom stereocenters. The molecule has 0 radical (unpaired) electrons. The zero-order valence-electron chi connectivity index (χ0n) is 16.7. The normalized spacial score (nSPS) is 10.9. The van der Waals surface area contributed by atoms with Crippen molar-refractivity contribution in [2.45, 2.75) is 6.92 Å². The van der Waals surface area contributed by atoms with Gasteiger partial charge in [-0.1, -0.05) is 0 Å². The Morgan fingerprint density at radius 3 is 2.44 bits per heavy atom. The highest BCUT2D eigenvalue weighted by Gasteiger charge is 2.13. The van der Waals surface area contributed by atoms with E-state index in [2.05, 4.69) is 10.3 Å². The summed E-state index contributed by atoms with van der Waals surface area (Å²) in [5.41, 5.74) is 0.792. The minimum absolute atomic E-state index is 0.239. The lowest BCUT2D eigenvalue weighted by atomic mass is 10.2. The monoisotopic (exact) mass is 439 g/mol. The Labute approximate surface area is 179 Å². The molecule has 0 unspecified atom stereocenters. The van der Waals surface area contributed by atoms with Crippen LogP contribution in [0.2, 0.25) is 0 Å². The van der Waals surface area contributed by atoms with Crippen LogP contribution in [-0.4, -0.2) is 22.1 Å². The molecule has 1 heterocycles. The van der Waals surface area contributed by atoms with Gasteiger partial charge in [-0.15, -0.1) is 0 Å². The van der Waals surface area contributed by atoms with E-state index in [1.807, 2.05) is 0 Å². The van der Waals surface area contributed by atoms with Gasteiger partial charge in [-0.2, -0.15) is 0 Å². The van der Waals surface area contributed by atoms with Gasteiger partial charge >= 0.3 is 0 Å². The van der Waals surface area contributed by atoms with Gasteiger partial charge < -0.3 is 10.1 Å². The SMILES string of the molecule is Cc1nc2ccc(NC(=O)COc3ccc(F)cc3F)cc2c(=O)n1-c1ccc(F)cc1. The Bertz CT molecular complexity index is 1390. The molecule has 4 aromatic rings. The molecule has 0 aliphatic carbocycles. The molecule has 9 heteroatoms. The van der Waals surface area contributed by atoms with Crippen molar-refractivity contribution in [2.75, 3.05) is 11.9 Å². The van der Waals surface area contributed by atoms with Crippen molar-refractivity contribution in [3.05, 3.63) is 94.3 Å². The van der Waals surface area contributed by atoms with Crippen LogP contribution < -0.4 is 15.6 Å². The topological polar surface area (TPSA) is 73.2 Å². The average molecular weight is 439 g/mol. The molecule has 32 heavy (non-hydrogen) atoms. The first-order valence-corrected chi connectivity index (χ1v) is 9.49. The first kappa shape index (κ1) is 21.1. The number of aryl methyl sites for hydroxylation is 1. The molecule has 0 bridgehead atoms. The molecular formula is C23H16F3N3O3. The third-order valence-corrected chi connectivity index (χ3v) is 4.66. The number of nitrogens with one attached hydrogen (secondary N) is 1. The maximum absolute atomic E-state index is 13.6. The summed E-state index contributed by atoms with van der Waals surface area (Å²) in [6.07, 6.45) is 0. The molecule has 1 aromatic heterocycles. The molecule has 162 valence electrons. The van der Waals surface area contributed by atoms with Gasteiger partial charge in [0, 0.05) is 11.8 Å². The van der Waals surface area contributed by atoms with Crippen molar-refractivity contribution in [1.82, 2.24) is 9.55 Å². The van der Waals surface area contributed by atoms with Crippen molar-refractivity contribution < 1.29 is 22.7 Å². The summed E-state index contributed by atoms with van der Waals surface area (Å²) >= 11 is 0. The van der Waals surface area contributed by atoms with Crippen LogP contribution in [-0.2, 0) is 4.79 Å². The number of rotatable bonds is 5. The number of fused-ring (bicyclic) bond motifs is 1. The molecule has 3 aromatic carbocycles. The van der Waals surface area contributed by atoms with Gasteiger partial charge in [0.05, 0.1) is 16.6 Å². The third-order valence-electron chi connectivity index (χ3n) is 4.66. The minimum Gasteiger partial charge on any atom is -0.481 e. The number of carbonyl (C=O) groups is 1. The molecular weight excluding hydrogens is 423 g/mol. The lowest BCUT2D eigenvalue weighted by Gasteiger charge is -2.12. The predicted molar refractivity (Wildman–Crippen MR) is 113 cm³/mol. The maximum Gasteiger partial charge on any atom is 0.266 e. The fraction of sp³-hybridized carbons (Fsp3) is 0.0870. The molecule has 0 spiro atoms. The largest absolute Gasteiger partial charge is 0.481 e. The third kappa shape index (κ3) is 4.31. The number of anilines is 1. The Morgan fingerprint density at radius 2 is 1.72 bits per heavy atom. The van der Waals surface area contributed by atoms with E-state index in [0.29, 0.717) is 28.8 Å². The van der Waals surface area contributed by atoms with Crippen molar-refractivity contribution in [1.29, 1.82) is 0 Å². The van der Waals surface area contributed by atoms with Gasteiger partial charge in [-0.3, -0.25) is 14.2 Å². The Balaban J connectivity index is 1.58. The Morgan fingerprint density at radius 1 is 1.00 bits per heavy atom. The van der Waals surface area contributed by atoms with Crippen LogP contribution in [0.4, 0.5) is 18.9 Å². The minimum atomic E-state index is -0.925. The van der Waals surface area contributed by atoms with Crippen LogP contribution in [0.15, 0.2) is 65.5 Å². The Hall–Kier alpha value is -4.14. The number of halogens is 3. The second-order valence-corrected chi connectivity index (χ2v) is 6.92. The molecule has 0 saturated carbocycles. The molecule has 1 amide bonds. The van der Waals surface area contributed by atoms with E-state index in [9.17, 15) is 22.8 Å². The molecule has 6 nitrogen and oxygen atoms in total. The van der Waals surface area contributed by atoms with E-state index in [0.717, 1.165) is 12.1 Å². The van der Waals surface area contributed by atoms with Crippen LogP contribution in [0.1, 0.15) is 5.82 Å². The number of ether oxygens (including phenoxy) is 1. The summed E-state index contributed by atoms with van der Waals surface area (Å²) in [6.45, 7) is 1.14. The molecule has 0 fully saturated rings. The maximum atomic E-state index is 13.6.